The van der Waals surface area contributed by atoms with Crippen LogP contribution in [0.2, 0.25) is 19.1 Å². The third-order valence-electron chi connectivity index (χ3n) is 2.55. The first-order valence-corrected chi connectivity index (χ1v) is 7.29. The molecule has 1 fully saturated rings. The Hall–Kier alpha value is -0.113. The summed E-state index contributed by atoms with van der Waals surface area (Å²) in [5.74, 6) is 0.371. The van der Waals surface area contributed by atoms with Gasteiger partial charge in [-0.1, -0.05) is 32.5 Å². The topological polar surface area (TPSA) is 17.1 Å². The maximum Gasteiger partial charge on any atom is 0.127 e. The van der Waals surface area contributed by atoms with Gasteiger partial charge in [-0.3, -0.25) is 0 Å². The fraction of sp³-hybridized carbons (Fsp3) is 0.875. The normalized spacial score (nSPS) is 32.3. The third-order valence-corrected chi connectivity index (χ3v) is 5.98. The van der Waals surface area contributed by atoms with E-state index in [4.69, 9.17) is 0 Å². The number of carbonyl (C=O) groups is 1. The lowest BCUT2D eigenvalue weighted by Gasteiger charge is -2.29. The molecule has 1 rings (SSSR count). The van der Waals surface area contributed by atoms with Crippen LogP contribution in [0.3, 0.4) is 0 Å². The highest BCUT2D eigenvalue weighted by Gasteiger charge is 2.36. The van der Waals surface area contributed by atoms with E-state index in [1.54, 1.807) is 0 Å². The van der Waals surface area contributed by atoms with E-state index in [-0.39, 0.29) is 0 Å². The average molecular weight is 156 g/mol. The molecule has 0 bridgehead atoms. The largest absolute Gasteiger partial charge is 0.305 e. The van der Waals surface area contributed by atoms with Crippen LogP contribution in [0.25, 0.3) is 0 Å². The van der Waals surface area contributed by atoms with Gasteiger partial charge in [-0.25, -0.2) is 0 Å². The first kappa shape index (κ1) is 7.99. The van der Waals surface area contributed by atoms with Gasteiger partial charge < -0.3 is 4.79 Å². The maximum atomic E-state index is 11.5. The van der Waals surface area contributed by atoms with E-state index < -0.39 is 8.07 Å². The molecule has 1 saturated heterocycles. The number of carbonyl (C=O) groups excluding carboxylic acids is 1. The first-order chi connectivity index (χ1) is 4.54. The molecular formula is C8H16OSi. The molecule has 0 amide bonds. The van der Waals surface area contributed by atoms with E-state index in [1.165, 1.54) is 12.5 Å². The summed E-state index contributed by atoms with van der Waals surface area (Å²) in [6.45, 7) is 6.48. The number of hydrogen-bond donors (Lipinski definition) is 0. The molecule has 1 atom stereocenters. The first-order valence-electron chi connectivity index (χ1n) is 4.08. The van der Waals surface area contributed by atoms with Crippen molar-refractivity contribution in [1.82, 2.24) is 0 Å². The molecular weight excluding hydrogens is 140 g/mol. The molecule has 1 heterocycles. The molecule has 0 saturated carbocycles. The fourth-order valence-electron chi connectivity index (χ4n) is 1.77. The summed E-state index contributed by atoms with van der Waals surface area (Å²) in [6, 6.07) is 1.22. The highest BCUT2D eigenvalue weighted by Crippen LogP contribution is 2.27. The second-order valence-corrected chi connectivity index (χ2v) is 8.80. The molecule has 0 aliphatic carbocycles. The second kappa shape index (κ2) is 2.49. The summed E-state index contributed by atoms with van der Waals surface area (Å²) >= 11 is 0. The Morgan fingerprint density at radius 2 is 2.10 bits per heavy atom. The Balaban J connectivity index is 2.70. The van der Waals surface area contributed by atoms with Crippen molar-refractivity contribution in [3.63, 3.8) is 0 Å². The summed E-state index contributed by atoms with van der Waals surface area (Å²) < 4.78 is 0. The fourth-order valence-corrected chi connectivity index (χ4v) is 4.58. The molecule has 0 N–H and O–H groups in total. The van der Waals surface area contributed by atoms with Crippen molar-refractivity contribution in [2.24, 2.45) is 5.92 Å². The molecule has 2 heteroatoms. The summed E-state index contributed by atoms with van der Waals surface area (Å²) in [5.41, 5.74) is 0. The van der Waals surface area contributed by atoms with Crippen LogP contribution in [-0.4, -0.2) is 13.5 Å². The Bertz CT molecular complexity index is 151. The standard InChI is InChI=1S/C8H16OSi/c1-7-5-4-6-10(2,3)8(7)9/h7H,4-6H2,1-3H3. The molecule has 10 heavy (non-hydrogen) atoms. The van der Waals surface area contributed by atoms with E-state index >= 15 is 0 Å². The van der Waals surface area contributed by atoms with Crippen LogP contribution in [0.5, 0.6) is 0 Å². The Morgan fingerprint density at radius 1 is 1.50 bits per heavy atom. The minimum atomic E-state index is -1.40. The minimum absolute atomic E-state index is 0.371. The Kier molecular flexibility index (Phi) is 1.99. The summed E-state index contributed by atoms with van der Waals surface area (Å²) in [4.78, 5) is 11.5. The van der Waals surface area contributed by atoms with Crippen LogP contribution in [0.1, 0.15) is 19.8 Å². The van der Waals surface area contributed by atoms with Gasteiger partial charge in [0.1, 0.15) is 13.5 Å². The van der Waals surface area contributed by atoms with Crippen molar-refractivity contribution in [3.05, 3.63) is 0 Å². The molecule has 58 valence electrons. The van der Waals surface area contributed by atoms with Crippen molar-refractivity contribution >= 4 is 13.5 Å². The van der Waals surface area contributed by atoms with Gasteiger partial charge in [-0.2, -0.15) is 0 Å². The molecule has 0 aromatic heterocycles. The average Bonchev–Trinajstić information content (AvgIpc) is 1.83. The van der Waals surface area contributed by atoms with Crippen LogP contribution in [-0.2, 0) is 4.79 Å². The quantitative estimate of drug-likeness (QED) is 0.492. The van der Waals surface area contributed by atoms with Crippen LogP contribution in [0.15, 0.2) is 0 Å². The van der Waals surface area contributed by atoms with Crippen molar-refractivity contribution in [2.75, 3.05) is 0 Å². The van der Waals surface area contributed by atoms with E-state index in [2.05, 4.69) is 20.0 Å². The van der Waals surface area contributed by atoms with Crippen molar-refractivity contribution in [1.29, 1.82) is 0 Å². The van der Waals surface area contributed by atoms with E-state index in [1.807, 2.05) is 0 Å². The predicted molar refractivity (Wildman–Crippen MR) is 45.7 cm³/mol. The zero-order chi connectivity index (χ0) is 7.78. The predicted octanol–water partition coefficient (Wildman–Crippen LogP) is 2.23. The van der Waals surface area contributed by atoms with Gasteiger partial charge in [-0.15, -0.1) is 0 Å². The molecule has 0 spiro atoms. The van der Waals surface area contributed by atoms with E-state index in [0.29, 0.717) is 11.3 Å². The number of hydrogen-bond acceptors (Lipinski definition) is 1. The van der Waals surface area contributed by atoms with Gasteiger partial charge in [0, 0.05) is 5.92 Å². The zero-order valence-corrected chi connectivity index (χ0v) is 8.11. The maximum absolute atomic E-state index is 11.5. The Morgan fingerprint density at radius 3 is 2.50 bits per heavy atom. The molecule has 0 aromatic carbocycles. The van der Waals surface area contributed by atoms with Gasteiger partial charge >= 0.3 is 0 Å². The molecule has 1 nitrogen and oxygen atoms in total. The summed E-state index contributed by atoms with van der Waals surface area (Å²) in [5, 5.41) is 0.596. The molecule has 1 unspecified atom stereocenters. The lowest BCUT2D eigenvalue weighted by atomic mass is 10.1. The van der Waals surface area contributed by atoms with Gasteiger partial charge in [-0.05, 0) is 6.42 Å². The number of rotatable bonds is 0. The lowest BCUT2D eigenvalue weighted by Crippen LogP contribution is -2.44. The lowest BCUT2D eigenvalue weighted by molar-refractivity contribution is -0.116. The monoisotopic (exact) mass is 156 g/mol. The Labute approximate surface area is 63.8 Å². The van der Waals surface area contributed by atoms with Gasteiger partial charge in [0.15, 0.2) is 0 Å². The van der Waals surface area contributed by atoms with Crippen molar-refractivity contribution in [2.45, 2.75) is 38.9 Å². The van der Waals surface area contributed by atoms with E-state index in [0.717, 1.165) is 6.42 Å². The zero-order valence-electron chi connectivity index (χ0n) is 7.11. The molecule has 0 aromatic rings. The van der Waals surface area contributed by atoms with Gasteiger partial charge in [0.25, 0.3) is 0 Å². The second-order valence-electron chi connectivity index (χ2n) is 4.04. The van der Waals surface area contributed by atoms with E-state index in [9.17, 15) is 4.79 Å². The third kappa shape index (κ3) is 1.31. The van der Waals surface area contributed by atoms with Crippen LogP contribution < -0.4 is 0 Å². The highest BCUT2D eigenvalue weighted by atomic mass is 28.3. The van der Waals surface area contributed by atoms with Crippen LogP contribution >= 0.6 is 0 Å². The molecule has 1 aliphatic heterocycles. The van der Waals surface area contributed by atoms with Crippen molar-refractivity contribution in [3.8, 4) is 0 Å². The summed E-state index contributed by atoms with van der Waals surface area (Å²) in [7, 11) is -1.40. The molecule has 0 radical (unpaired) electrons. The van der Waals surface area contributed by atoms with Crippen LogP contribution in [0.4, 0.5) is 0 Å². The van der Waals surface area contributed by atoms with Gasteiger partial charge in [0.2, 0.25) is 0 Å². The molecule has 1 aliphatic rings. The SMILES string of the molecule is CC1CCC[Si](C)(C)C1=O. The summed E-state index contributed by atoms with van der Waals surface area (Å²) in [6.07, 6.45) is 2.42. The highest BCUT2D eigenvalue weighted by molar-refractivity contribution is 7.04. The minimum Gasteiger partial charge on any atom is -0.305 e. The van der Waals surface area contributed by atoms with Crippen LogP contribution in [0, 0.1) is 5.92 Å². The van der Waals surface area contributed by atoms with Gasteiger partial charge in [0.05, 0.1) is 0 Å². The van der Waals surface area contributed by atoms with Crippen molar-refractivity contribution < 1.29 is 4.79 Å². The smallest absolute Gasteiger partial charge is 0.127 e.